The van der Waals surface area contributed by atoms with Gasteiger partial charge in [0, 0.05) is 23.8 Å². The fourth-order valence-electron chi connectivity index (χ4n) is 3.11. The number of benzene rings is 2. The summed E-state index contributed by atoms with van der Waals surface area (Å²) in [4.78, 5) is 16.6. The van der Waals surface area contributed by atoms with Gasteiger partial charge in [0.1, 0.15) is 0 Å². The Morgan fingerprint density at radius 1 is 1.22 bits per heavy atom. The van der Waals surface area contributed by atoms with Gasteiger partial charge in [0.05, 0.1) is 6.54 Å². The Kier molecular flexibility index (Phi) is 4.99. The molecule has 0 unspecified atom stereocenters. The van der Waals surface area contributed by atoms with E-state index in [1.54, 1.807) is 0 Å². The molecule has 3 nitrogen and oxygen atoms in total. The Morgan fingerprint density at radius 3 is 2.87 bits per heavy atom. The van der Waals surface area contributed by atoms with E-state index < -0.39 is 0 Å². The van der Waals surface area contributed by atoms with Gasteiger partial charge in [-0.15, -0.1) is 0 Å². The van der Waals surface area contributed by atoms with Gasteiger partial charge in [-0.3, -0.25) is 9.69 Å². The van der Waals surface area contributed by atoms with Gasteiger partial charge in [0.25, 0.3) is 0 Å². The normalized spacial score (nSPS) is 14.0. The molecule has 0 saturated heterocycles. The van der Waals surface area contributed by atoms with Crippen molar-refractivity contribution in [1.29, 1.82) is 0 Å². The summed E-state index contributed by atoms with van der Waals surface area (Å²) >= 11 is 6.02. The van der Waals surface area contributed by atoms with E-state index in [4.69, 9.17) is 11.6 Å². The molecule has 120 valence electrons. The van der Waals surface area contributed by atoms with Crippen LogP contribution in [-0.2, 0) is 17.8 Å². The van der Waals surface area contributed by atoms with Crippen LogP contribution in [0.1, 0.15) is 17.5 Å². The first kappa shape index (κ1) is 16.0. The molecule has 1 amide bonds. The summed E-state index contributed by atoms with van der Waals surface area (Å²) in [7, 11) is 1.97. The smallest absolute Gasteiger partial charge is 0.241 e. The van der Waals surface area contributed by atoms with Crippen LogP contribution in [0, 0.1) is 0 Å². The van der Waals surface area contributed by atoms with E-state index in [2.05, 4.69) is 6.07 Å². The second-order valence-electron chi connectivity index (χ2n) is 6.08. The third-order valence-corrected chi connectivity index (χ3v) is 4.39. The lowest BCUT2D eigenvalue weighted by Gasteiger charge is -2.31. The minimum atomic E-state index is 0.154. The molecule has 1 aliphatic heterocycles. The average Bonchev–Trinajstić information content (AvgIpc) is 2.54. The fourth-order valence-corrected chi connectivity index (χ4v) is 3.32. The number of para-hydroxylation sites is 1. The molecule has 3 rings (SSSR count). The number of likely N-dealkylation sites (N-methyl/N-ethyl adjacent to an activating group) is 1. The Hall–Kier alpha value is -1.84. The average molecular weight is 329 g/mol. The van der Waals surface area contributed by atoms with Crippen LogP contribution in [0.15, 0.2) is 48.5 Å². The summed E-state index contributed by atoms with van der Waals surface area (Å²) in [6, 6.07) is 16.0. The maximum atomic E-state index is 12.7. The van der Waals surface area contributed by atoms with E-state index in [1.807, 2.05) is 59.3 Å². The molecular formula is C19H21ClN2O. The zero-order valence-electron chi connectivity index (χ0n) is 13.3. The predicted molar refractivity (Wildman–Crippen MR) is 94.9 cm³/mol. The van der Waals surface area contributed by atoms with Crippen LogP contribution in [-0.4, -0.2) is 30.9 Å². The van der Waals surface area contributed by atoms with Crippen LogP contribution in [0.3, 0.4) is 0 Å². The van der Waals surface area contributed by atoms with Gasteiger partial charge in [0.15, 0.2) is 0 Å². The number of hydrogen-bond donors (Lipinski definition) is 0. The summed E-state index contributed by atoms with van der Waals surface area (Å²) in [5.74, 6) is 0.154. The van der Waals surface area contributed by atoms with E-state index in [0.29, 0.717) is 13.1 Å². The number of hydrogen-bond acceptors (Lipinski definition) is 2. The minimum absolute atomic E-state index is 0.154. The van der Waals surface area contributed by atoms with Crippen molar-refractivity contribution in [3.63, 3.8) is 0 Å². The van der Waals surface area contributed by atoms with Crippen LogP contribution in [0.25, 0.3) is 0 Å². The molecule has 0 N–H and O–H groups in total. The first-order valence-electron chi connectivity index (χ1n) is 7.95. The van der Waals surface area contributed by atoms with Crippen LogP contribution in [0.5, 0.6) is 0 Å². The van der Waals surface area contributed by atoms with Gasteiger partial charge in [-0.2, -0.15) is 0 Å². The number of amides is 1. The third-order valence-electron chi connectivity index (χ3n) is 4.16. The Labute approximate surface area is 142 Å². The van der Waals surface area contributed by atoms with Crippen molar-refractivity contribution in [3.8, 4) is 0 Å². The highest BCUT2D eigenvalue weighted by molar-refractivity contribution is 6.30. The predicted octanol–water partition coefficient (Wildman–Crippen LogP) is 3.75. The van der Waals surface area contributed by atoms with E-state index in [0.717, 1.165) is 35.7 Å². The van der Waals surface area contributed by atoms with Crippen molar-refractivity contribution >= 4 is 23.2 Å². The summed E-state index contributed by atoms with van der Waals surface area (Å²) in [5, 5.41) is 0.729. The third kappa shape index (κ3) is 3.92. The number of anilines is 1. The molecule has 0 radical (unpaired) electrons. The second-order valence-corrected chi connectivity index (χ2v) is 6.52. The van der Waals surface area contributed by atoms with Gasteiger partial charge < -0.3 is 4.90 Å². The Balaban J connectivity index is 1.65. The molecule has 0 atom stereocenters. The van der Waals surface area contributed by atoms with Gasteiger partial charge in [-0.1, -0.05) is 41.9 Å². The van der Waals surface area contributed by atoms with E-state index in [-0.39, 0.29) is 5.91 Å². The molecule has 0 fully saturated rings. The van der Waals surface area contributed by atoms with Gasteiger partial charge in [-0.05, 0) is 49.2 Å². The largest absolute Gasteiger partial charge is 0.311 e. The highest BCUT2D eigenvalue weighted by Gasteiger charge is 2.22. The molecule has 1 heterocycles. The van der Waals surface area contributed by atoms with E-state index in [1.165, 1.54) is 5.56 Å². The number of halogens is 1. The second kappa shape index (κ2) is 7.16. The van der Waals surface area contributed by atoms with Gasteiger partial charge >= 0.3 is 0 Å². The monoisotopic (exact) mass is 328 g/mol. The number of aryl methyl sites for hydroxylation is 1. The molecule has 23 heavy (non-hydrogen) atoms. The molecule has 0 spiro atoms. The highest BCUT2D eigenvalue weighted by Crippen LogP contribution is 2.26. The first-order valence-corrected chi connectivity index (χ1v) is 8.32. The van der Waals surface area contributed by atoms with E-state index in [9.17, 15) is 4.79 Å². The molecular weight excluding hydrogens is 308 g/mol. The molecule has 2 aromatic rings. The molecule has 1 aliphatic rings. The lowest BCUT2D eigenvalue weighted by Crippen LogP contribution is -2.41. The minimum Gasteiger partial charge on any atom is -0.311 e. The topological polar surface area (TPSA) is 23.6 Å². The first-order chi connectivity index (χ1) is 11.1. The maximum absolute atomic E-state index is 12.7. The SMILES string of the molecule is CN(CC(=O)N1CCCc2ccccc21)Cc1cccc(Cl)c1. The standard InChI is InChI=1S/C19H21ClN2O/c1-21(13-15-6-4-9-17(20)12-15)14-19(23)22-11-5-8-16-7-2-3-10-18(16)22/h2-4,6-7,9-10,12H,5,8,11,13-14H2,1H3. The van der Waals surface area contributed by atoms with Gasteiger partial charge in [-0.25, -0.2) is 0 Å². The molecule has 2 aromatic carbocycles. The summed E-state index contributed by atoms with van der Waals surface area (Å²) in [6.45, 7) is 1.92. The molecule has 4 heteroatoms. The van der Waals surface area contributed by atoms with Crippen LogP contribution < -0.4 is 4.90 Å². The zero-order valence-corrected chi connectivity index (χ0v) is 14.1. The number of nitrogens with zero attached hydrogens (tertiary/aromatic N) is 2. The number of carbonyl (C=O) groups excluding carboxylic acids is 1. The van der Waals surface area contributed by atoms with Gasteiger partial charge in [0.2, 0.25) is 5.91 Å². The Bertz CT molecular complexity index is 701. The zero-order chi connectivity index (χ0) is 16.2. The Morgan fingerprint density at radius 2 is 2.04 bits per heavy atom. The van der Waals surface area contributed by atoms with Crippen LogP contribution >= 0.6 is 11.6 Å². The summed E-state index contributed by atoms with van der Waals surface area (Å²) in [6.07, 6.45) is 2.08. The van der Waals surface area contributed by atoms with Crippen molar-refractivity contribution in [1.82, 2.24) is 4.90 Å². The summed E-state index contributed by atoms with van der Waals surface area (Å²) < 4.78 is 0. The summed E-state index contributed by atoms with van der Waals surface area (Å²) in [5.41, 5.74) is 3.45. The maximum Gasteiger partial charge on any atom is 0.241 e. The molecule has 0 bridgehead atoms. The number of fused-ring (bicyclic) bond motifs is 1. The molecule has 0 aromatic heterocycles. The fraction of sp³-hybridized carbons (Fsp3) is 0.316. The lowest BCUT2D eigenvalue weighted by atomic mass is 10.0. The van der Waals surface area contributed by atoms with Crippen molar-refractivity contribution in [2.45, 2.75) is 19.4 Å². The lowest BCUT2D eigenvalue weighted by molar-refractivity contribution is -0.119. The highest BCUT2D eigenvalue weighted by atomic mass is 35.5. The van der Waals surface area contributed by atoms with Crippen molar-refractivity contribution in [2.24, 2.45) is 0 Å². The van der Waals surface area contributed by atoms with Crippen LogP contribution in [0.4, 0.5) is 5.69 Å². The number of rotatable bonds is 4. The molecule has 0 aliphatic carbocycles. The van der Waals surface area contributed by atoms with Crippen molar-refractivity contribution < 1.29 is 4.79 Å². The van der Waals surface area contributed by atoms with Crippen molar-refractivity contribution in [3.05, 3.63) is 64.7 Å². The van der Waals surface area contributed by atoms with E-state index >= 15 is 0 Å². The van der Waals surface area contributed by atoms with Crippen LogP contribution in [0.2, 0.25) is 5.02 Å². The quantitative estimate of drug-likeness (QED) is 0.853. The van der Waals surface area contributed by atoms with Crippen molar-refractivity contribution in [2.75, 3.05) is 25.0 Å². The molecule has 0 saturated carbocycles. The number of carbonyl (C=O) groups is 1.